The zero-order valence-electron chi connectivity index (χ0n) is 16.9. The van der Waals surface area contributed by atoms with Crippen LogP contribution in [0.5, 0.6) is 0 Å². The number of amides is 4. The molecule has 0 unspecified atom stereocenters. The van der Waals surface area contributed by atoms with Crippen molar-refractivity contribution in [2.75, 3.05) is 25.1 Å². The number of aryl methyl sites for hydroxylation is 1. The molecule has 0 bridgehead atoms. The number of nitrogens with one attached hydrogen (secondary N) is 2. The van der Waals surface area contributed by atoms with Crippen LogP contribution in [0.25, 0.3) is 0 Å². The summed E-state index contributed by atoms with van der Waals surface area (Å²) in [6, 6.07) is 5.23. The molecule has 0 radical (unpaired) electrons. The Bertz CT molecular complexity index is 805. The minimum atomic E-state index is -0.696. The number of anilines is 1. The van der Waals surface area contributed by atoms with E-state index in [2.05, 4.69) is 15.6 Å². The molecule has 1 aromatic rings. The molecule has 29 heavy (non-hydrogen) atoms. The van der Waals surface area contributed by atoms with Crippen molar-refractivity contribution in [3.63, 3.8) is 0 Å². The van der Waals surface area contributed by atoms with Gasteiger partial charge in [0.05, 0.1) is 12.6 Å². The van der Waals surface area contributed by atoms with Gasteiger partial charge >= 0.3 is 6.03 Å². The van der Waals surface area contributed by atoms with Crippen LogP contribution >= 0.6 is 0 Å². The zero-order chi connectivity index (χ0) is 20.4. The van der Waals surface area contributed by atoms with Gasteiger partial charge in [-0.3, -0.25) is 14.5 Å². The van der Waals surface area contributed by atoms with E-state index in [9.17, 15) is 14.4 Å². The van der Waals surface area contributed by atoms with E-state index in [-0.39, 0.29) is 30.4 Å². The van der Waals surface area contributed by atoms with E-state index in [1.807, 2.05) is 24.0 Å². The van der Waals surface area contributed by atoms with Gasteiger partial charge in [-0.25, -0.2) is 14.7 Å². The Kier molecular flexibility index (Phi) is 5.54. The molecule has 3 fully saturated rings. The first-order chi connectivity index (χ1) is 14.0. The molecule has 4 rings (SSSR count). The first kappa shape index (κ1) is 19.8. The Morgan fingerprint density at radius 3 is 2.79 bits per heavy atom. The number of rotatable bonds is 4. The van der Waals surface area contributed by atoms with Crippen LogP contribution in [-0.4, -0.2) is 57.9 Å². The zero-order valence-corrected chi connectivity index (χ0v) is 16.9. The molecule has 2 aliphatic heterocycles. The number of carbonyl (C=O) groups is 3. The number of urea groups is 1. The molecule has 1 aliphatic carbocycles. The number of aromatic nitrogens is 1. The van der Waals surface area contributed by atoms with Crippen molar-refractivity contribution in [1.29, 1.82) is 0 Å². The summed E-state index contributed by atoms with van der Waals surface area (Å²) in [5.74, 6) is 0.211. The van der Waals surface area contributed by atoms with Crippen molar-refractivity contribution in [3.05, 3.63) is 23.9 Å². The summed E-state index contributed by atoms with van der Waals surface area (Å²) in [4.78, 5) is 45.9. The van der Waals surface area contributed by atoms with Crippen LogP contribution in [0, 0.1) is 12.8 Å². The third-order valence-electron chi connectivity index (χ3n) is 6.31. The van der Waals surface area contributed by atoms with Gasteiger partial charge in [-0.15, -0.1) is 0 Å². The average Bonchev–Trinajstić information content (AvgIpc) is 2.93. The van der Waals surface area contributed by atoms with E-state index in [0.29, 0.717) is 12.4 Å². The fourth-order valence-corrected chi connectivity index (χ4v) is 4.74. The van der Waals surface area contributed by atoms with E-state index in [1.165, 1.54) is 4.90 Å². The average molecular weight is 399 g/mol. The topological polar surface area (TPSA) is 94.6 Å². The van der Waals surface area contributed by atoms with Crippen LogP contribution in [0.3, 0.4) is 0 Å². The maximum absolute atomic E-state index is 13.0. The van der Waals surface area contributed by atoms with Gasteiger partial charge in [-0.2, -0.15) is 0 Å². The van der Waals surface area contributed by atoms with Crippen LogP contribution in [-0.2, 0) is 9.59 Å². The monoisotopic (exact) mass is 399 g/mol. The fraction of sp³-hybridized carbons (Fsp3) is 0.619. The summed E-state index contributed by atoms with van der Waals surface area (Å²) >= 11 is 0. The Morgan fingerprint density at radius 1 is 1.24 bits per heavy atom. The van der Waals surface area contributed by atoms with Crippen molar-refractivity contribution in [1.82, 2.24) is 20.1 Å². The summed E-state index contributed by atoms with van der Waals surface area (Å²) in [6.45, 7) is 3.44. The van der Waals surface area contributed by atoms with E-state index in [0.717, 1.165) is 57.2 Å². The Morgan fingerprint density at radius 2 is 2.03 bits per heavy atom. The molecule has 4 amide bonds. The number of hydrogen-bond donors (Lipinski definition) is 2. The lowest BCUT2D eigenvalue weighted by molar-refractivity contribution is -0.134. The van der Waals surface area contributed by atoms with Crippen molar-refractivity contribution in [3.8, 4) is 0 Å². The van der Waals surface area contributed by atoms with E-state index >= 15 is 0 Å². The summed E-state index contributed by atoms with van der Waals surface area (Å²) in [7, 11) is 0. The second kappa shape index (κ2) is 8.10. The fourth-order valence-electron chi connectivity index (χ4n) is 4.74. The highest BCUT2D eigenvalue weighted by Crippen LogP contribution is 2.34. The van der Waals surface area contributed by atoms with Gasteiger partial charge in [0.1, 0.15) is 11.4 Å². The molecule has 1 saturated carbocycles. The smallest absolute Gasteiger partial charge is 0.323 e. The molecule has 1 atom stereocenters. The normalized spacial score (nSPS) is 24.6. The van der Waals surface area contributed by atoms with Crippen molar-refractivity contribution < 1.29 is 14.4 Å². The summed E-state index contributed by atoms with van der Waals surface area (Å²) < 4.78 is 0. The number of hydrogen-bond acceptors (Lipinski definition) is 5. The minimum absolute atomic E-state index is 0.0613. The van der Waals surface area contributed by atoms with Crippen LogP contribution in [0.4, 0.5) is 10.6 Å². The molecule has 3 heterocycles. The van der Waals surface area contributed by atoms with Crippen molar-refractivity contribution in [2.45, 2.75) is 57.4 Å². The van der Waals surface area contributed by atoms with Crippen molar-refractivity contribution >= 4 is 23.7 Å². The second-order valence-corrected chi connectivity index (χ2v) is 8.52. The third kappa shape index (κ3) is 4.12. The van der Waals surface area contributed by atoms with Gasteiger partial charge < -0.3 is 10.6 Å². The van der Waals surface area contributed by atoms with E-state index in [4.69, 9.17) is 0 Å². The molecule has 1 aromatic heterocycles. The number of carbonyl (C=O) groups excluding carboxylic acids is 3. The first-order valence-corrected chi connectivity index (χ1v) is 10.6. The summed E-state index contributed by atoms with van der Waals surface area (Å²) in [6.07, 6.45) is 6.15. The lowest BCUT2D eigenvalue weighted by atomic mass is 9.82. The largest absolute Gasteiger partial charge is 0.326 e. The van der Waals surface area contributed by atoms with Crippen LogP contribution in [0.1, 0.15) is 50.6 Å². The van der Waals surface area contributed by atoms with Gasteiger partial charge in [-0.05, 0) is 51.3 Å². The lowest BCUT2D eigenvalue weighted by Gasteiger charge is -2.34. The predicted octanol–water partition coefficient (Wildman–Crippen LogP) is 2.25. The molecule has 8 heteroatoms. The molecule has 156 valence electrons. The standard InChI is InChI=1S/C21H29N5O3/c1-15-7-5-9-17(22-15)23-18(27)16-8-6-12-25(13-16)14-26-19(28)21(24-20(26)29)10-3-2-4-11-21/h5,7,9,16H,2-4,6,8,10-14H2,1H3,(H,24,29)(H,22,23,27)/t16-/m1/s1. The van der Waals surface area contributed by atoms with E-state index in [1.54, 1.807) is 6.07 Å². The van der Waals surface area contributed by atoms with E-state index < -0.39 is 5.54 Å². The molecule has 1 spiro atoms. The van der Waals surface area contributed by atoms with Crippen LogP contribution < -0.4 is 10.6 Å². The predicted molar refractivity (Wildman–Crippen MR) is 108 cm³/mol. The lowest BCUT2D eigenvalue weighted by Crippen LogP contribution is -2.50. The molecule has 3 aliphatic rings. The minimum Gasteiger partial charge on any atom is -0.323 e. The van der Waals surface area contributed by atoms with Crippen molar-refractivity contribution in [2.24, 2.45) is 5.92 Å². The quantitative estimate of drug-likeness (QED) is 0.758. The Labute approximate surface area is 171 Å². The number of pyridine rings is 1. The highest BCUT2D eigenvalue weighted by Gasteiger charge is 2.51. The van der Waals surface area contributed by atoms with Gasteiger partial charge in [0.25, 0.3) is 5.91 Å². The number of imide groups is 1. The molecule has 0 aromatic carbocycles. The van der Waals surface area contributed by atoms with Gasteiger partial charge in [-0.1, -0.05) is 25.3 Å². The highest BCUT2D eigenvalue weighted by molar-refractivity contribution is 6.07. The molecule has 2 saturated heterocycles. The molecular formula is C21H29N5O3. The number of nitrogens with zero attached hydrogens (tertiary/aromatic N) is 3. The second-order valence-electron chi connectivity index (χ2n) is 8.52. The Hall–Kier alpha value is -2.48. The van der Waals surface area contributed by atoms with Gasteiger partial charge in [0.15, 0.2) is 0 Å². The first-order valence-electron chi connectivity index (χ1n) is 10.6. The SMILES string of the molecule is Cc1cccc(NC(=O)[C@@H]2CCCN(CN3C(=O)NC4(CCCCC4)C3=O)C2)n1. The Balaban J connectivity index is 1.37. The van der Waals surface area contributed by atoms with Gasteiger partial charge in [0.2, 0.25) is 5.91 Å². The molecule has 2 N–H and O–H groups in total. The van der Waals surface area contributed by atoms with Crippen LogP contribution in [0.2, 0.25) is 0 Å². The maximum atomic E-state index is 13.0. The molecular weight excluding hydrogens is 370 g/mol. The van der Waals surface area contributed by atoms with Gasteiger partial charge in [0, 0.05) is 12.2 Å². The maximum Gasteiger partial charge on any atom is 0.326 e. The third-order valence-corrected chi connectivity index (χ3v) is 6.31. The summed E-state index contributed by atoms with van der Waals surface area (Å²) in [5.41, 5.74) is 0.155. The highest BCUT2D eigenvalue weighted by atomic mass is 16.2. The number of piperidine rings is 1. The summed E-state index contributed by atoms with van der Waals surface area (Å²) in [5, 5.41) is 5.85. The van der Waals surface area contributed by atoms with Crippen LogP contribution in [0.15, 0.2) is 18.2 Å². The molecule has 8 nitrogen and oxygen atoms in total. The number of likely N-dealkylation sites (tertiary alicyclic amines) is 1.